The van der Waals surface area contributed by atoms with E-state index in [0.717, 1.165) is 19.5 Å². The van der Waals surface area contributed by atoms with Crippen LogP contribution in [0.5, 0.6) is 0 Å². The number of carbonyl (C=O) groups excluding carboxylic acids is 1. The topological polar surface area (TPSA) is 46.3 Å². The van der Waals surface area contributed by atoms with E-state index in [9.17, 15) is 4.79 Å². The molecule has 1 unspecified atom stereocenters. The average molecular weight is 239 g/mol. The highest BCUT2D eigenvalue weighted by molar-refractivity contribution is 6.33. The molecule has 0 spiro atoms. The van der Waals surface area contributed by atoms with Gasteiger partial charge in [-0.3, -0.25) is 4.79 Å². The van der Waals surface area contributed by atoms with Crippen LogP contribution < -0.4 is 5.73 Å². The van der Waals surface area contributed by atoms with E-state index in [4.69, 9.17) is 17.3 Å². The lowest BCUT2D eigenvalue weighted by Crippen LogP contribution is -2.29. The second-order valence-corrected chi connectivity index (χ2v) is 4.75. The summed E-state index contributed by atoms with van der Waals surface area (Å²) in [7, 11) is 0. The zero-order valence-corrected chi connectivity index (χ0v) is 10.00. The van der Waals surface area contributed by atoms with Gasteiger partial charge in [0.1, 0.15) is 0 Å². The molecule has 1 saturated heterocycles. The third-order valence-electron chi connectivity index (χ3n) is 2.99. The number of para-hydroxylation sites is 1. The van der Waals surface area contributed by atoms with Gasteiger partial charge in [-0.15, -0.1) is 0 Å². The fraction of sp³-hybridized carbons (Fsp3) is 0.417. The van der Waals surface area contributed by atoms with Crippen molar-refractivity contribution in [3.8, 4) is 0 Å². The van der Waals surface area contributed by atoms with Crippen LogP contribution in [-0.4, -0.2) is 23.9 Å². The first-order chi connectivity index (χ1) is 7.59. The van der Waals surface area contributed by atoms with E-state index in [1.165, 1.54) is 0 Å². The van der Waals surface area contributed by atoms with E-state index in [1.807, 2.05) is 4.90 Å². The summed E-state index contributed by atoms with van der Waals surface area (Å²) in [5, 5.41) is 0.443. The molecule has 0 aromatic heterocycles. The highest BCUT2D eigenvalue weighted by Crippen LogP contribution is 2.25. The summed E-state index contributed by atoms with van der Waals surface area (Å²) in [6, 6.07) is 5.18. The summed E-state index contributed by atoms with van der Waals surface area (Å²) in [6.45, 7) is 3.77. The van der Waals surface area contributed by atoms with Crippen LogP contribution in [0.25, 0.3) is 0 Å². The molecule has 1 aromatic carbocycles. The number of carbonyl (C=O) groups is 1. The molecule has 0 bridgehead atoms. The lowest BCUT2D eigenvalue weighted by Gasteiger charge is -2.17. The molecule has 4 heteroatoms. The first kappa shape index (κ1) is 11.3. The summed E-state index contributed by atoms with van der Waals surface area (Å²) in [5.41, 5.74) is 6.70. The maximum absolute atomic E-state index is 12.2. The van der Waals surface area contributed by atoms with E-state index in [-0.39, 0.29) is 5.91 Å². The van der Waals surface area contributed by atoms with Gasteiger partial charge in [-0.2, -0.15) is 0 Å². The number of rotatable bonds is 1. The molecule has 1 atom stereocenters. The molecule has 1 fully saturated rings. The van der Waals surface area contributed by atoms with Crippen LogP contribution in [0.1, 0.15) is 23.7 Å². The van der Waals surface area contributed by atoms with Crippen molar-refractivity contribution in [1.82, 2.24) is 4.90 Å². The lowest BCUT2D eigenvalue weighted by molar-refractivity contribution is 0.0789. The number of nitrogens with zero attached hydrogens (tertiary/aromatic N) is 1. The van der Waals surface area contributed by atoms with Crippen molar-refractivity contribution in [3.05, 3.63) is 28.8 Å². The maximum atomic E-state index is 12.2. The highest BCUT2D eigenvalue weighted by Gasteiger charge is 2.25. The summed E-state index contributed by atoms with van der Waals surface area (Å²) >= 11 is 5.90. The fourth-order valence-corrected chi connectivity index (χ4v) is 2.19. The molecule has 1 aromatic rings. The van der Waals surface area contributed by atoms with Gasteiger partial charge in [0, 0.05) is 13.1 Å². The second-order valence-electron chi connectivity index (χ2n) is 4.35. The van der Waals surface area contributed by atoms with Crippen LogP contribution in [0, 0.1) is 5.92 Å². The quantitative estimate of drug-likeness (QED) is 0.764. The molecule has 2 N–H and O–H groups in total. The molecule has 86 valence electrons. The number of halogens is 1. The van der Waals surface area contributed by atoms with E-state index in [2.05, 4.69) is 6.92 Å². The monoisotopic (exact) mass is 238 g/mol. The summed E-state index contributed by atoms with van der Waals surface area (Å²) in [4.78, 5) is 14.0. The Morgan fingerprint density at radius 2 is 2.31 bits per heavy atom. The fourth-order valence-electron chi connectivity index (χ4n) is 2.01. The highest BCUT2D eigenvalue weighted by atomic mass is 35.5. The first-order valence-corrected chi connectivity index (χ1v) is 5.80. The van der Waals surface area contributed by atoms with Crippen molar-refractivity contribution in [1.29, 1.82) is 0 Å². The molecule has 1 amide bonds. The second kappa shape index (κ2) is 4.34. The Kier molecular flexibility index (Phi) is 3.06. The standard InChI is InChI=1S/C12H15ClN2O/c1-8-5-6-15(7-8)12(16)9-3-2-4-10(13)11(9)14/h2-4,8H,5-7,14H2,1H3. The molecule has 1 aliphatic heterocycles. The first-order valence-electron chi connectivity index (χ1n) is 5.43. The van der Waals surface area contributed by atoms with Crippen LogP contribution in [0.15, 0.2) is 18.2 Å². The Morgan fingerprint density at radius 3 is 2.94 bits per heavy atom. The van der Waals surface area contributed by atoms with Gasteiger partial charge in [0.15, 0.2) is 0 Å². The molecular weight excluding hydrogens is 224 g/mol. The minimum atomic E-state index is -0.00986. The van der Waals surface area contributed by atoms with Crippen molar-refractivity contribution in [3.63, 3.8) is 0 Å². The Morgan fingerprint density at radius 1 is 1.56 bits per heavy atom. The molecule has 1 aliphatic rings. The number of hydrogen-bond acceptors (Lipinski definition) is 2. The number of anilines is 1. The van der Waals surface area contributed by atoms with Crippen molar-refractivity contribution in [2.45, 2.75) is 13.3 Å². The van der Waals surface area contributed by atoms with E-state index in [0.29, 0.717) is 22.2 Å². The SMILES string of the molecule is CC1CCN(C(=O)c2cccc(Cl)c2N)C1. The molecule has 1 heterocycles. The molecule has 0 saturated carbocycles. The smallest absolute Gasteiger partial charge is 0.256 e. The minimum absolute atomic E-state index is 0.00986. The zero-order valence-electron chi connectivity index (χ0n) is 9.24. The van der Waals surface area contributed by atoms with Crippen molar-refractivity contribution < 1.29 is 4.79 Å². The van der Waals surface area contributed by atoms with Gasteiger partial charge >= 0.3 is 0 Å². The maximum Gasteiger partial charge on any atom is 0.256 e. The van der Waals surface area contributed by atoms with E-state index < -0.39 is 0 Å². The van der Waals surface area contributed by atoms with Gasteiger partial charge < -0.3 is 10.6 Å². The average Bonchev–Trinajstić information content (AvgIpc) is 2.68. The molecule has 3 nitrogen and oxygen atoms in total. The molecule has 0 radical (unpaired) electrons. The Labute approximate surface area is 100 Å². The molecule has 16 heavy (non-hydrogen) atoms. The third-order valence-corrected chi connectivity index (χ3v) is 3.32. The molecular formula is C12H15ClN2O. The minimum Gasteiger partial charge on any atom is -0.397 e. The number of hydrogen-bond donors (Lipinski definition) is 1. The molecule has 2 rings (SSSR count). The van der Waals surface area contributed by atoms with Gasteiger partial charge in [0.2, 0.25) is 0 Å². The number of nitrogen functional groups attached to an aromatic ring is 1. The summed E-state index contributed by atoms with van der Waals surface area (Å²) in [6.07, 6.45) is 1.06. The normalized spacial score (nSPS) is 20.1. The van der Waals surface area contributed by atoms with Crippen molar-refractivity contribution in [2.24, 2.45) is 5.92 Å². The number of amides is 1. The number of benzene rings is 1. The van der Waals surface area contributed by atoms with Gasteiger partial charge in [-0.1, -0.05) is 24.6 Å². The van der Waals surface area contributed by atoms with Gasteiger partial charge in [0.05, 0.1) is 16.3 Å². The number of nitrogens with two attached hydrogens (primary N) is 1. The van der Waals surface area contributed by atoms with Crippen LogP contribution in [0.2, 0.25) is 5.02 Å². The Bertz CT molecular complexity index is 419. The number of likely N-dealkylation sites (tertiary alicyclic amines) is 1. The van der Waals surface area contributed by atoms with E-state index in [1.54, 1.807) is 18.2 Å². The Balaban J connectivity index is 2.24. The lowest BCUT2D eigenvalue weighted by atomic mass is 10.1. The van der Waals surface area contributed by atoms with Crippen molar-refractivity contribution >= 4 is 23.2 Å². The van der Waals surface area contributed by atoms with Gasteiger partial charge in [-0.25, -0.2) is 0 Å². The van der Waals surface area contributed by atoms with Crippen LogP contribution in [0.3, 0.4) is 0 Å². The predicted octanol–water partition coefficient (Wildman–Crippen LogP) is 2.40. The summed E-state index contributed by atoms with van der Waals surface area (Å²) in [5.74, 6) is 0.564. The van der Waals surface area contributed by atoms with E-state index >= 15 is 0 Å². The molecule has 0 aliphatic carbocycles. The largest absolute Gasteiger partial charge is 0.397 e. The predicted molar refractivity (Wildman–Crippen MR) is 65.5 cm³/mol. The van der Waals surface area contributed by atoms with Crippen molar-refractivity contribution in [2.75, 3.05) is 18.8 Å². The Hall–Kier alpha value is -1.22. The zero-order chi connectivity index (χ0) is 11.7. The van der Waals surface area contributed by atoms with Gasteiger partial charge in [0.25, 0.3) is 5.91 Å². The van der Waals surface area contributed by atoms with Crippen LogP contribution >= 0.6 is 11.6 Å². The van der Waals surface area contributed by atoms with Crippen LogP contribution in [-0.2, 0) is 0 Å². The van der Waals surface area contributed by atoms with Crippen LogP contribution in [0.4, 0.5) is 5.69 Å². The third kappa shape index (κ3) is 2.00. The van der Waals surface area contributed by atoms with Gasteiger partial charge in [-0.05, 0) is 24.5 Å². The summed E-state index contributed by atoms with van der Waals surface area (Å²) < 4.78 is 0.